The summed E-state index contributed by atoms with van der Waals surface area (Å²) in [5.41, 5.74) is 0. The number of unbranched alkanes of at least 4 members (excludes halogenated alkanes) is 30. The molecule has 0 aliphatic carbocycles. The fourth-order valence-electron chi connectivity index (χ4n) is 9.48. The van der Waals surface area contributed by atoms with Crippen molar-refractivity contribution in [1.29, 1.82) is 0 Å². The lowest BCUT2D eigenvalue weighted by Crippen LogP contribution is -2.65. The van der Waals surface area contributed by atoms with Crippen molar-refractivity contribution < 1.29 is 64.6 Å². The summed E-state index contributed by atoms with van der Waals surface area (Å²) < 4.78 is 22.7. The number of hydrogen-bond acceptors (Lipinski definition) is 13. The third-order valence-corrected chi connectivity index (χ3v) is 14.1. The van der Waals surface area contributed by atoms with Crippen LogP contribution in [0, 0.1) is 0 Å². The van der Waals surface area contributed by atoms with E-state index in [0.717, 1.165) is 32.1 Å². The summed E-state index contributed by atoms with van der Waals surface area (Å²) in [4.78, 5) is 13.2. The first-order chi connectivity index (χ1) is 34.1. The van der Waals surface area contributed by atoms with Crippen molar-refractivity contribution in [3.63, 3.8) is 0 Å². The normalized spacial score (nSPS) is 26.1. The van der Waals surface area contributed by atoms with Crippen molar-refractivity contribution in [2.24, 2.45) is 0 Å². The Kier molecular flexibility index (Phi) is 39.5. The topological polar surface area (TPSA) is 228 Å². The maximum atomic E-state index is 13.2. The lowest BCUT2D eigenvalue weighted by Gasteiger charge is -2.46. The summed E-state index contributed by atoms with van der Waals surface area (Å²) in [5.74, 6) is -0.246. The summed E-state index contributed by atoms with van der Waals surface area (Å²) in [6, 6.07) is -0.926. The van der Waals surface area contributed by atoms with Gasteiger partial charge in [-0.2, -0.15) is 0 Å². The van der Waals surface area contributed by atoms with E-state index in [-0.39, 0.29) is 18.9 Å². The fourth-order valence-corrected chi connectivity index (χ4v) is 9.48. The summed E-state index contributed by atoms with van der Waals surface area (Å²) in [6.45, 7) is 2.79. The van der Waals surface area contributed by atoms with Crippen LogP contribution in [0.3, 0.4) is 0 Å². The Bertz CT molecular complexity index is 1270. The second-order valence-electron chi connectivity index (χ2n) is 20.4. The minimum absolute atomic E-state index is 0.246. The Balaban J connectivity index is 1.78. The lowest BCUT2D eigenvalue weighted by molar-refractivity contribution is -0.359. The number of carbonyl (C=O) groups is 1. The van der Waals surface area contributed by atoms with Gasteiger partial charge in [-0.3, -0.25) is 4.79 Å². The second kappa shape index (κ2) is 42.8. The molecule has 2 aliphatic heterocycles. The van der Waals surface area contributed by atoms with E-state index in [9.17, 15) is 45.6 Å². The van der Waals surface area contributed by atoms with Crippen LogP contribution in [0.4, 0.5) is 0 Å². The molecular weight excluding hydrogens is 895 g/mol. The maximum Gasteiger partial charge on any atom is 0.220 e. The zero-order valence-corrected chi connectivity index (χ0v) is 44.0. The lowest BCUT2D eigenvalue weighted by atomic mass is 9.97. The molecule has 412 valence electrons. The van der Waals surface area contributed by atoms with Crippen LogP contribution in [0.2, 0.25) is 0 Å². The molecule has 9 N–H and O–H groups in total. The first-order valence-electron chi connectivity index (χ1n) is 28.6. The van der Waals surface area contributed by atoms with Gasteiger partial charge in [0, 0.05) is 6.42 Å². The standard InChI is InChI=1S/C56H105NO13/c1-3-5-7-9-11-13-15-17-19-20-21-22-23-24-26-28-30-32-34-36-38-40-48(61)57-44(45(60)39-37-35-33-31-29-27-25-18-16-14-12-10-8-6-4-2)43-67-55-53(66)51(64)54(47(42-59)69-55)70-56-52(65)50(63)49(62)46(41-58)68-56/h29,31,37,39,44-47,49-56,58-60,62-66H,3-28,30,32-36,38,40-43H2,1-2H3,(H,57,61)/b31-29+,39-37+. The van der Waals surface area contributed by atoms with Crippen LogP contribution in [0.1, 0.15) is 232 Å². The van der Waals surface area contributed by atoms with Crippen LogP contribution in [0.15, 0.2) is 24.3 Å². The summed E-state index contributed by atoms with van der Waals surface area (Å²) in [5, 5.41) is 86.9. The monoisotopic (exact) mass is 1000 g/mol. The largest absolute Gasteiger partial charge is 0.394 e. The SMILES string of the molecule is CCCCCCCCCCC/C=C/CC/C=C/C(O)C(COC1OC(CO)C(OC2OC(CO)C(O)C(O)C2O)C(O)C1O)NC(=O)CCCCCCCCCCCCCCCCCCCCCCC. The van der Waals surface area contributed by atoms with Crippen molar-refractivity contribution in [2.75, 3.05) is 19.8 Å². The van der Waals surface area contributed by atoms with Crippen LogP contribution in [-0.4, -0.2) is 140 Å². The predicted molar refractivity (Wildman–Crippen MR) is 277 cm³/mol. The predicted octanol–water partition coefficient (Wildman–Crippen LogP) is 8.89. The molecule has 0 radical (unpaired) electrons. The molecule has 12 unspecified atom stereocenters. The van der Waals surface area contributed by atoms with Crippen LogP contribution in [0.25, 0.3) is 0 Å². The number of carbonyl (C=O) groups excluding carboxylic acids is 1. The molecule has 2 aliphatic rings. The van der Waals surface area contributed by atoms with Gasteiger partial charge in [-0.1, -0.05) is 218 Å². The molecule has 0 spiro atoms. The van der Waals surface area contributed by atoms with Gasteiger partial charge in [0.05, 0.1) is 32.0 Å². The van der Waals surface area contributed by atoms with Gasteiger partial charge in [0.2, 0.25) is 5.91 Å². The third-order valence-electron chi connectivity index (χ3n) is 14.1. The summed E-state index contributed by atoms with van der Waals surface area (Å²) in [6.07, 6.45) is 32.2. The van der Waals surface area contributed by atoms with Gasteiger partial charge in [0.15, 0.2) is 12.6 Å². The van der Waals surface area contributed by atoms with Crippen molar-refractivity contribution in [2.45, 2.75) is 306 Å². The van der Waals surface area contributed by atoms with Gasteiger partial charge in [-0.25, -0.2) is 0 Å². The van der Waals surface area contributed by atoms with Crippen molar-refractivity contribution in [3.05, 3.63) is 24.3 Å². The van der Waals surface area contributed by atoms with E-state index in [1.165, 1.54) is 167 Å². The molecule has 0 bridgehead atoms. The average Bonchev–Trinajstić information content (AvgIpc) is 3.36. The molecule has 14 heteroatoms. The van der Waals surface area contributed by atoms with Crippen molar-refractivity contribution in [3.8, 4) is 0 Å². The number of rotatable bonds is 45. The van der Waals surface area contributed by atoms with Crippen molar-refractivity contribution >= 4 is 5.91 Å². The first-order valence-corrected chi connectivity index (χ1v) is 28.6. The fraction of sp³-hybridized carbons (Fsp3) is 0.911. The van der Waals surface area contributed by atoms with E-state index in [1.54, 1.807) is 6.08 Å². The molecular formula is C56H105NO13. The van der Waals surface area contributed by atoms with E-state index in [4.69, 9.17) is 18.9 Å². The molecule has 2 rings (SSSR count). The first kappa shape index (κ1) is 64.6. The minimum Gasteiger partial charge on any atom is -0.394 e. The minimum atomic E-state index is -1.79. The molecule has 0 aromatic rings. The Labute approximate surface area is 424 Å². The van der Waals surface area contributed by atoms with Crippen LogP contribution < -0.4 is 5.32 Å². The highest BCUT2D eigenvalue weighted by Crippen LogP contribution is 2.30. The van der Waals surface area contributed by atoms with E-state index in [1.807, 2.05) is 6.08 Å². The molecule has 0 aromatic heterocycles. The highest BCUT2D eigenvalue weighted by atomic mass is 16.7. The van der Waals surface area contributed by atoms with E-state index >= 15 is 0 Å². The smallest absolute Gasteiger partial charge is 0.220 e. The van der Waals surface area contributed by atoms with E-state index < -0.39 is 86.8 Å². The van der Waals surface area contributed by atoms with Gasteiger partial charge in [-0.15, -0.1) is 0 Å². The number of hydrogen-bond donors (Lipinski definition) is 9. The van der Waals surface area contributed by atoms with E-state index in [2.05, 4.69) is 31.3 Å². The zero-order chi connectivity index (χ0) is 51.0. The van der Waals surface area contributed by atoms with Crippen LogP contribution in [0.5, 0.6) is 0 Å². The summed E-state index contributed by atoms with van der Waals surface area (Å²) >= 11 is 0. The Hall–Kier alpha value is -1.53. The van der Waals surface area contributed by atoms with E-state index in [0.29, 0.717) is 12.8 Å². The molecule has 2 heterocycles. The highest BCUT2D eigenvalue weighted by molar-refractivity contribution is 5.76. The van der Waals surface area contributed by atoms with Gasteiger partial charge < -0.3 is 65.1 Å². The number of nitrogens with one attached hydrogen (secondary N) is 1. The summed E-state index contributed by atoms with van der Waals surface area (Å²) in [7, 11) is 0. The molecule has 0 aromatic carbocycles. The average molecular weight is 1000 g/mol. The number of allylic oxidation sites excluding steroid dienone is 3. The van der Waals surface area contributed by atoms with Gasteiger partial charge in [0.1, 0.15) is 48.8 Å². The Morgan fingerprint density at radius 3 is 1.40 bits per heavy atom. The number of aliphatic hydroxyl groups is 8. The Morgan fingerprint density at radius 2 is 0.914 bits per heavy atom. The molecule has 14 nitrogen and oxygen atoms in total. The van der Waals surface area contributed by atoms with Crippen LogP contribution >= 0.6 is 0 Å². The molecule has 2 fully saturated rings. The van der Waals surface area contributed by atoms with Crippen LogP contribution in [-0.2, 0) is 23.7 Å². The molecule has 0 saturated carbocycles. The zero-order valence-electron chi connectivity index (χ0n) is 44.0. The van der Waals surface area contributed by atoms with Crippen molar-refractivity contribution in [1.82, 2.24) is 5.32 Å². The highest BCUT2D eigenvalue weighted by Gasteiger charge is 2.51. The molecule has 1 amide bonds. The molecule has 2 saturated heterocycles. The maximum absolute atomic E-state index is 13.2. The quantitative estimate of drug-likeness (QED) is 0.0205. The third kappa shape index (κ3) is 28.8. The molecule has 12 atom stereocenters. The van der Waals surface area contributed by atoms with Gasteiger partial charge in [-0.05, 0) is 32.1 Å². The number of ether oxygens (including phenoxy) is 4. The Morgan fingerprint density at radius 1 is 0.500 bits per heavy atom. The van der Waals surface area contributed by atoms with Gasteiger partial charge >= 0.3 is 0 Å². The second-order valence-corrected chi connectivity index (χ2v) is 20.4. The molecule has 70 heavy (non-hydrogen) atoms. The number of amides is 1. The number of aliphatic hydroxyl groups excluding tert-OH is 8. The van der Waals surface area contributed by atoms with Gasteiger partial charge in [0.25, 0.3) is 0 Å².